The maximum absolute atomic E-state index is 12.5. The van der Waals surface area contributed by atoms with Gasteiger partial charge in [-0.05, 0) is 70.6 Å². The molecule has 2 unspecified atom stereocenters. The first kappa shape index (κ1) is 69.1. The van der Waals surface area contributed by atoms with Gasteiger partial charge in [-0.3, -0.25) is 9.59 Å². The number of carbonyl (C=O) groups excluding carboxylic acids is 2. The Hall–Kier alpha value is -1.92. The van der Waals surface area contributed by atoms with E-state index in [0.717, 1.165) is 83.5 Å². The van der Waals surface area contributed by atoms with Crippen molar-refractivity contribution in [1.29, 1.82) is 0 Å². The van der Waals surface area contributed by atoms with Gasteiger partial charge in [-0.25, -0.2) is 0 Å². The first-order valence-corrected chi connectivity index (χ1v) is 31.8. The summed E-state index contributed by atoms with van der Waals surface area (Å²) in [4.78, 5) is 24.6. The van der Waals surface area contributed by atoms with E-state index in [9.17, 15) is 19.8 Å². The molecule has 1 amide bonds. The minimum absolute atomic E-state index is 0.0131. The number of ether oxygens (including phenoxy) is 1. The van der Waals surface area contributed by atoms with E-state index in [1.165, 1.54) is 231 Å². The summed E-state index contributed by atoms with van der Waals surface area (Å²) >= 11 is 0. The van der Waals surface area contributed by atoms with Crippen molar-refractivity contribution in [3.63, 3.8) is 0 Å². The van der Waals surface area contributed by atoms with E-state index in [1.54, 1.807) is 6.08 Å². The van der Waals surface area contributed by atoms with Crippen molar-refractivity contribution in [2.24, 2.45) is 0 Å². The van der Waals surface area contributed by atoms with Gasteiger partial charge in [0.2, 0.25) is 5.91 Å². The third-order valence-corrected chi connectivity index (χ3v) is 14.7. The molecule has 0 fully saturated rings. The molecule has 0 aliphatic heterocycles. The molecular weight excluding hydrogens is 875 g/mol. The smallest absolute Gasteiger partial charge is 0.305 e. The first-order chi connectivity index (χ1) is 35.0. The molecule has 0 rings (SSSR count). The molecule has 71 heavy (non-hydrogen) atoms. The Balaban J connectivity index is 3.51. The number of amides is 1. The molecule has 0 aliphatic carbocycles. The molecule has 0 aromatic rings. The lowest BCUT2D eigenvalue weighted by Crippen LogP contribution is -2.45. The third kappa shape index (κ3) is 57.2. The van der Waals surface area contributed by atoms with Crippen LogP contribution in [0.15, 0.2) is 36.5 Å². The lowest BCUT2D eigenvalue weighted by atomic mass is 10.0. The summed E-state index contributed by atoms with van der Waals surface area (Å²) in [5, 5.41) is 23.2. The molecule has 0 aromatic carbocycles. The second kappa shape index (κ2) is 60.6. The van der Waals surface area contributed by atoms with Crippen molar-refractivity contribution in [3.8, 4) is 0 Å². The van der Waals surface area contributed by atoms with Gasteiger partial charge in [0.25, 0.3) is 0 Å². The summed E-state index contributed by atoms with van der Waals surface area (Å²) in [5.74, 6) is -0.0944. The normalized spacial score (nSPS) is 12.8. The first-order valence-electron chi connectivity index (χ1n) is 31.8. The van der Waals surface area contributed by atoms with Crippen LogP contribution in [0.2, 0.25) is 0 Å². The topological polar surface area (TPSA) is 95.9 Å². The number of carbonyl (C=O) groups is 2. The second-order valence-electron chi connectivity index (χ2n) is 21.7. The van der Waals surface area contributed by atoms with Gasteiger partial charge < -0.3 is 20.3 Å². The van der Waals surface area contributed by atoms with Crippen LogP contribution in [0.5, 0.6) is 0 Å². The van der Waals surface area contributed by atoms with Crippen molar-refractivity contribution < 1.29 is 24.5 Å². The van der Waals surface area contributed by atoms with Gasteiger partial charge in [0.1, 0.15) is 0 Å². The van der Waals surface area contributed by atoms with Crippen molar-refractivity contribution in [3.05, 3.63) is 36.5 Å². The molecule has 2 atom stereocenters. The van der Waals surface area contributed by atoms with Gasteiger partial charge in [-0.2, -0.15) is 0 Å². The number of esters is 1. The van der Waals surface area contributed by atoms with Crippen molar-refractivity contribution in [2.45, 2.75) is 353 Å². The summed E-state index contributed by atoms with van der Waals surface area (Å²) in [6.45, 7) is 4.88. The maximum Gasteiger partial charge on any atom is 0.305 e. The van der Waals surface area contributed by atoms with Gasteiger partial charge in [0, 0.05) is 12.8 Å². The molecule has 0 radical (unpaired) electrons. The lowest BCUT2D eigenvalue weighted by molar-refractivity contribution is -0.143. The number of nitrogens with one attached hydrogen (secondary N) is 1. The number of aliphatic hydroxyl groups is 2. The highest BCUT2D eigenvalue weighted by atomic mass is 16.5. The number of aliphatic hydroxyl groups excluding tert-OH is 2. The highest BCUT2D eigenvalue weighted by Crippen LogP contribution is 2.17. The Morgan fingerprint density at radius 2 is 0.704 bits per heavy atom. The van der Waals surface area contributed by atoms with Crippen LogP contribution in [0.25, 0.3) is 0 Å². The second-order valence-corrected chi connectivity index (χ2v) is 21.7. The predicted octanol–water partition coefficient (Wildman–Crippen LogP) is 20.0. The van der Waals surface area contributed by atoms with Crippen LogP contribution in [0.3, 0.4) is 0 Å². The number of rotatable bonds is 59. The summed E-state index contributed by atoms with van der Waals surface area (Å²) in [6.07, 6.45) is 76.1. The lowest BCUT2D eigenvalue weighted by Gasteiger charge is -2.20. The zero-order chi connectivity index (χ0) is 51.4. The summed E-state index contributed by atoms with van der Waals surface area (Å²) in [5.41, 5.74) is 0. The van der Waals surface area contributed by atoms with E-state index in [4.69, 9.17) is 4.74 Å². The summed E-state index contributed by atoms with van der Waals surface area (Å²) in [7, 11) is 0. The molecule has 0 heterocycles. The van der Waals surface area contributed by atoms with Gasteiger partial charge in [0.05, 0.1) is 25.4 Å². The van der Waals surface area contributed by atoms with Crippen molar-refractivity contribution in [1.82, 2.24) is 5.32 Å². The van der Waals surface area contributed by atoms with E-state index < -0.39 is 12.1 Å². The maximum atomic E-state index is 12.5. The fraction of sp³-hybridized carbons (Fsp3) is 0.877. The zero-order valence-corrected chi connectivity index (χ0v) is 47.7. The van der Waals surface area contributed by atoms with Crippen molar-refractivity contribution >= 4 is 11.9 Å². The Morgan fingerprint density at radius 3 is 1.07 bits per heavy atom. The van der Waals surface area contributed by atoms with Crippen LogP contribution in [-0.4, -0.2) is 47.4 Å². The molecule has 0 spiro atoms. The SMILES string of the molecule is CCCCCCCCCCCCCCCCCCCCCC/C=C/C(O)C(CO)NC(=O)CCCCCCCCC/C=C\C/C=C\CCCCCOC(=O)CCCCCCCCCCCCCCCCC. The van der Waals surface area contributed by atoms with Crippen LogP contribution < -0.4 is 5.32 Å². The summed E-state index contributed by atoms with van der Waals surface area (Å²) < 4.78 is 5.46. The number of unbranched alkanes of at least 4 members (excludes halogenated alkanes) is 44. The molecule has 0 bridgehead atoms. The third-order valence-electron chi connectivity index (χ3n) is 14.7. The van der Waals surface area contributed by atoms with Crippen LogP contribution in [-0.2, 0) is 14.3 Å². The van der Waals surface area contributed by atoms with E-state index in [2.05, 4.69) is 43.5 Å². The number of hydrogen-bond donors (Lipinski definition) is 3. The average Bonchev–Trinajstić information content (AvgIpc) is 3.37. The Kier molecular flexibility index (Phi) is 59.0. The predicted molar refractivity (Wildman–Crippen MR) is 310 cm³/mol. The van der Waals surface area contributed by atoms with Crippen molar-refractivity contribution in [2.75, 3.05) is 13.2 Å². The molecule has 0 saturated carbocycles. The van der Waals surface area contributed by atoms with E-state index in [0.29, 0.717) is 19.4 Å². The Morgan fingerprint density at radius 1 is 0.394 bits per heavy atom. The highest BCUT2D eigenvalue weighted by Gasteiger charge is 2.18. The fourth-order valence-electron chi connectivity index (χ4n) is 9.78. The minimum Gasteiger partial charge on any atom is -0.466 e. The molecule has 6 heteroatoms. The van der Waals surface area contributed by atoms with E-state index >= 15 is 0 Å². The molecule has 0 saturated heterocycles. The molecule has 3 N–H and O–H groups in total. The Bertz CT molecular complexity index is 1150. The fourth-order valence-corrected chi connectivity index (χ4v) is 9.78. The van der Waals surface area contributed by atoms with Gasteiger partial charge in [-0.1, -0.05) is 294 Å². The molecular formula is C65H123NO5. The van der Waals surface area contributed by atoms with E-state index in [1.807, 2.05) is 6.08 Å². The standard InChI is InChI=1S/C65H123NO5/c1-3-5-7-9-11-13-15-17-19-20-21-22-23-24-26-30-33-37-41-45-49-53-57-63(68)62(61-67)66-64(69)58-54-50-46-42-38-34-31-27-25-28-32-36-40-44-48-52-56-60-71-65(70)59-55-51-47-43-39-35-29-18-16-14-12-10-8-6-4-2/h25,28,36,40,53,57,62-63,67-68H,3-24,26-27,29-35,37-39,41-52,54-56,58-61H2,1-2H3,(H,66,69)/b28-25-,40-36-,57-53+. The molecule has 0 aliphatic rings. The zero-order valence-electron chi connectivity index (χ0n) is 47.7. The monoisotopic (exact) mass is 998 g/mol. The van der Waals surface area contributed by atoms with E-state index in [-0.39, 0.29) is 18.5 Å². The van der Waals surface area contributed by atoms with Gasteiger partial charge in [0.15, 0.2) is 0 Å². The molecule has 418 valence electrons. The molecule has 6 nitrogen and oxygen atoms in total. The highest BCUT2D eigenvalue weighted by molar-refractivity contribution is 5.76. The molecule has 0 aromatic heterocycles. The summed E-state index contributed by atoms with van der Waals surface area (Å²) in [6, 6.07) is -0.641. The quantitative estimate of drug-likeness (QED) is 0.0321. The Labute approximate surface area is 443 Å². The average molecular weight is 999 g/mol. The van der Waals surface area contributed by atoms with Gasteiger partial charge in [-0.15, -0.1) is 0 Å². The largest absolute Gasteiger partial charge is 0.466 e. The number of allylic oxidation sites excluding steroid dienone is 5. The van der Waals surface area contributed by atoms with Crippen LogP contribution in [0, 0.1) is 0 Å². The van der Waals surface area contributed by atoms with Crippen LogP contribution >= 0.6 is 0 Å². The van der Waals surface area contributed by atoms with Crippen LogP contribution in [0.4, 0.5) is 0 Å². The van der Waals surface area contributed by atoms with Crippen LogP contribution in [0.1, 0.15) is 341 Å². The van der Waals surface area contributed by atoms with Gasteiger partial charge >= 0.3 is 5.97 Å². The number of hydrogen-bond acceptors (Lipinski definition) is 5. The minimum atomic E-state index is -0.856.